The van der Waals surface area contributed by atoms with E-state index in [1.165, 1.54) is 43.3 Å². The van der Waals surface area contributed by atoms with E-state index < -0.39 is 5.60 Å². The third kappa shape index (κ3) is 5.02. The maximum absolute atomic E-state index is 10.3. The minimum absolute atomic E-state index is 0.164. The molecule has 2 heteroatoms. The van der Waals surface area contributed by atoms with E-state index in [9.17, 15) is 10.2 Å². The molecule has 0 aliphatic heterocycles. The van der Waals surface area contributed by atoms with Gasteiger partial charge in [0.2, 0.25) is 0 Å². The van der Waals surface area contributed by atoms with Crippen LogP contribution in [0.5, 0.6) is 0 Å². The van der Waals surface area contributed by atoms with Crippen molar-refractivity contribution >= 4 is 0 Å². The molecule has 6 atom stereocenters. The zero-order valence-electron chi connectivity index (χ0n) is 20.0. The number of aliphatic hydroxyl groups is 2. The van der Waals surface area contributed by atoms with Gasteiger partial charge in [-0.25, -0.2) is 0 Å². The Morgan fingerprint density at radius 2 is 1.83 bits per heavy atom. The van der Waals surface area contributed by atoms with Gasteiger partial charge in [0, 0.05) is 5.92 Å². The van der Waals surface area contributed by atoms with Crippen molar-refractivity contribution in [3.05, 3.63) is 47.6 Å². The van der Waals surface area contributed by atoms with Gasteiger partial charge in [-0.05, 0) is 94.0 Å². The molecule has 0 aromatic heterocycles. The summed E-state index contributed by atoms with van der Waals surface area (Å²) in [4.78, 5) is 0. The number of hydrogen-bond donors (Lipinski definition) is 2. The fourth-order valence-electron chi connectivity index (χ4n) is 6.25. The highest BCUT2D eigenvalue weighted by Crippen LogP contribution is 2.59. The predicted molar refractivity (Wildman–Crippen MR) is 127 cm³/mol. The Bertz CT molecular complexity index is 719. The number of aliphatic hydroxyl groups excluding tert-OH is 1. The Balaban J connectivity index is 1.75. The Kier molecular flexibility index (Phi) is 7.19. The van der Waals surface area contributed by atoms with E-state index in [2.05, 4.69) is 51.7 Å². The van der Waals surface area contributed by atoms with Crippen molar-refractivity contribution in [2.24, 2.45) is 29.1 Å². The van der Waals surface area contributed by atoms with Gasteiger partial charge in [-0.1, -0.05) is 62.8 Å². The molecule has 0 amide bonds. The van der Waals surface area contributed by atoms with Crippen molar-refractivity contribution in [2.75, 3.05) is 0 Å². The molecule has 0 saturated heterocycles. The summed E-state index contributed by atoms with van der Waals surface area (Å²) in [5, 5.41) is 20.3. The van der Waals surface area contributed by atoms with E-state index in [4.69, 9.17) is 0 Å². The highest BCUT2D eigenvalue weighted by molar-refractivity contribution is 5.36. The number of allylic oxidation sites excluding steroid dienone is 5. The lowest BCUT2D eigenvalue weighted by Crippen LogP contribution is -2.35. The Labute approximate surface area is 184 Å². The third-order valence-electron chi connectivity index (χ3n) is 8.68. The lowest BCUT2D eigenvalue weighted by molar-refractivity contribution is 0.0436. The molecule has 0 spiro atoms. The molecule has 0 radical (unpaired) electrons. The second-order valence-corrected chi connectivity index (χ2v) is 11.2. The average molecular weight is 413 g/mol. The summed E-state index contributed by atoms with van der Waals surface area (Å²) < 4.78 is 0. The zero-order valence-corrected chi connectivity index (χ0v) is 20.0. The Morgan fingerprint density at radius 1 is 1.10 bits per heavy atom. The highest BCUT2D eigenvalue weighted by Gasteiger charge is 2.50. The predicted octanol–water partition coefficient (Wildman–Crippen LogP) is 6.76. The second kappa shape index (κ2) is 9.17. The van der Waals surface area contributed by atoms with Gasteiger partial charge in [0.15, 0.2) is 0 Å². The second-order valence-electron chi connectivity index (χ2n) is 11.2. The van der Waals surface area contributed by atoms with Crippen LogP contribution in [0.1, 0.15) is 86.0 Å². The molecule has 0 unspecified atom stereocenters. The SMILES string of the molecule is C=C1CC[C@H](O)C/C1=C/C=C1/CCC[C@@]2(C)[C@H]1CC[C@H]2[C@H](C)/C=C/[C@H](C)C(C)(C)O. The Hall–Kier alpha value is -1.12. The molecule has 3 aliphatic rings. The number of hydrogen-bond acceptors (Lipinski definition) is 2. The van der Waals surface area contributed by atoms with Crippen LogP contribution in [0.3, 0.4) is 0 Å². The van der Waals surface area contributed by atoms with Crippen LogP contribution in [0.25, 0.3) is 0 Å². The maximum Gasteiger partial charge on any atom is 0.0651 e. The molecular weight excluding hydrogens is 368 g/mol. The first-order valence-electron chi connectivity index (χ1n) is 12.2. The molecule has 2 N–H and O–H groups in total. The normalized spacial score (nSPS) is 37.7. The van der Waals surface area contributed by atoms with Crippen molar-refractivity contribution in [3.63, 3.8) is 0 Å². The lowest BCUT2D eigenvalue weighted by atomic mass is 9.61. The summed E-state index contributed by atoms with van der Waals surface area (Å²) in [6, 6.07) is 0. The molecule has 3 aliphatic carbocycles. The van der Waals surface area contributed by atoms with E-state index in [1.54, 1.807) is 5.57 Å². The smallest absolute Gasteiger partial charge is 0.0651 e. The van der Waals surface area contributed by atoms with Crippen LogP contribution in [-0.2, 0) is 0 Å². The van der Waals surface area contributed by atoms with Crippen LogP contribution in [0.15, 0.2) is 47.6 Å². The van der Waals surface area contributed by atoms with Crippen molar-refractivity contribution < 1.29 is 10.2 Å². The summed E-state index contributed by atoms with van der Waals surface area (Å²) in [5.74, 6) is 2.08. The summed E-state index contributed by atoms with van der Waals surface area (Å²) in [7, 11) is 0. The standard InChI is InChI=1S/C28H44O2/c1-19-10-14-24(29)18-23(19)13-12-22-8-7-17-28(6)25(15-16-26(22)28)20(2)9-11-21(3)27(4,5)30/h9,11-13,20-21,24-26,29-30H,1,7-8,10,14-18H2,2-6H3/b11-9+,22-12-,23-13-/t20-,21+,24+,25+,26+,28-/m1/s1. The van der Waals surface area contributed by atoms with E-state index in [1.807, 2.05) is 13.8 Å². The first-order chi connectivity index (χ1) is 14.0. The van der Waals surface area contributed by atoms with E-state index in [0.717, 1.165) is 19.3 Å². The minimum atomic E-state index is -0.663. The average Bonchev–Trinajstić information content (AvgIpc) is 3.03. The van der Waals surface area contributed by atoms with Gasteiger partial charge >= 0.3 is 0 Å². The zero-order chi connectivity index (χ0) is 22.1. The third-order valence-corrected chi connectivity index (χ3v) is 8.68. The van der Waals surface area contributed by atoms with Crippen molar-refractivity contribution in [1.29, 1.82) is 0 Å². The first kappa shape index (κ1) is 23.5. The quantitative estimate of drug-likeness (QED) is 0.490. The van der Waals surface area contributed by atoms with Gasteiger partial charge in [0.05, 0.1) is 11.7 Å². The van der Waals surface area contributed by atoms with E-state index >= 15 is 0 Å². The molecule has 0 heterocycles. The van der Waals surface area contributed by atoms with E-state index in [-0.39, 0.29) is 12.0 Å². The fraction of sp³-hybridized carbons (Fsp3) is 0.714. The topological polar surface area (TPSA) is 40.5 Å². The molecule has 3 rings (SSSR count). The molecule has 3 saturated carbocycles. The van der Waals surface area contributed by atoms with Gasteiger partial charge in [-0.3, -0.25) is 0 Å². The van der Waals surface area contributed by atoms with Crippen LogP contribution in [-0.4, -0.2) is 21.9 Å². The first-order valence-corrected chi connectivity index (χ1v) is 12.2. The van der Waals surface area contributed by atoms with Gasteiger partial charge in [-0.2, -0.15) is 0 Å². The molecule has 30 heavy (non-hydrogen) atoms. The number of fused-ring (bicyclic) bond motifs is 1. The maximum atomic E-state index is 10.3. The summed E-state index contributed by atoms with van der Waals surface area (Å²) in [5.41, 5.74) is 3.78. The molecule has 0 aromatic carbocycles. The molecular formula is C28H44O2. The van der Waals surface area contributed by atoms with E-state index in [0.29, 0.717) is 23.2 Å². The van der Waals surface area contributed by atoms with Crippen molar-refractivity contribution in [1.82, 2.24) is 0 Å². The van der Waals surface area contributed by atoms with Crippen LogP contribution in [0.2, 0.25) is 0 Å². The van der Waals surface area contributed by atoms with Gasteiger partial charge in [0.1, 0.15) is 0 Å². The summed E-state index contributed by atoms with van der Waals surface area (Å²) in [6.45, 7) is 15.0. The van der Waals surface area contributed by atoms with Crippen LogP contribution in [0, 0.1) is 29.1 Å². The van der Waals surface area contributed by atoms with Gasteiger partial charge in [-0.15, -0.1) is 0 Å². The van der Waals surface area contributed by atoms with Crippen LogP contribution >= 0.6 is 0 Å². The highest BCUT2D eigenvalue weighted by atomic mass is 16.3. The largest absolute Gasteiger partial charge is 0.393 e. The number of rotatable bonds is 5. The summed E-state index contributed by atoms with van der Waals surface area (Å²) >= 11 is 0. The molecule has 2 nitrogen and oxygen atoms in total. The minimum Gasteiger partial charge on any atom is -0.393 e. The lowest BCUT2D eigenvalue weighted by Gasteiger charge is -2.44. The molecule has 0 bridgehead atoms. The van der Waals surface area contributed by atoms with Crippen LogP contribution < -0.4 is 0 Å². The Morgan fingerprint density at radius 3 is 2.53 bits per heavy atom. The summed E-state index contributed by atoms with van der Waals surface area (Å²) in [6.07, 6.45) is 18.0. The van der Waals surface area contributed by atoms with Gasteiger partial charge in [0.25, 0.3) is 0 Å². The monoisotopic (exact) mass is 412 g/mol. The van der Waals surface area contributed by atoms with Crippen molar-refractivity contribution in [3.8, 4) is 0 Å². The van der Waals surface area contributed by atoms with Gasteiger partial charge < -0.3 is 10.2 Å². The van der Waals surface area contributed by atoms with Crippen LogP contribution in [0.4, 0.5) is 0 Å². The fourth-order valence-corrected chi connectivity index (χ4v) is 6.25. The van der Waals surface area contributed by atoms with Crippen molar-refractivity contribution in [2.45, 2.75) is 97.7 Å². The molecule has 168 valence electrons. The molecule has 0 aromatic rings. The molecule has 3 fully saturated rings.